The van der Waals surface area contributed by atoms with Gasteiger partial charge in [0, 0.05) is 31.4 Å². The topological polar surface area (TPSA) is 59.2 Å². The molecular weight excluding hydrogens is 234 g/mol. The van der Waals surface area contributed by atoms with Crippen molar-refractivity contribution in [2.45, 2.75) is 13.3 Å². The molecule has 2 rings (SSSR count). The molecule has 1 amide bonds. The number of hydrogen-bond acceptors (Lipinski definition) is 4. The Hall–Kier alpha value is -1.62. The first-order chi connectivity index (χ1) is 8.15. The Labute approximate surface area is 104 Å². The molecule has 0 saturated heterocycles. The fourth-order valence-electron chi connectivity index (χ4n) is 1.74. The highest BCUT2D eigenvalue weighted by Gasteiger charge is 2.18. The van der Waals surface area contributed by atoms with Crippen LogP contribution in [0, 0.1) is 0 Å². The van der Waals surface area contributed by atoms with Gasteiger partial charge in [-0.1, -0.05) is 6.92 Å². The minimum absolute atomic E-state index is 0.00875. The molecule has 0 saturated carbocycles. The molecule has 17 heavy (non-hydrogen) atoms. The molecule has 2 heterocycles. The third-order valence-electron chi connectivity index (χ3n) is 2.63. The number of carbonyl (C=O) groups is 1. The maximum Gasteiger partial charge on any atom is 0.265 e. The van der Waals surface area contributed by atoms with Crippen LogP contribution in [0.5, 0.6) is 0 Å². The molecule has 5 heteroatoms. The second-order valence-corrected chi connectivity index (χ2v) is 5.00. The van der Waals surface area contributed by atoms with Gasteiger partial charge in [0.2, 0.25) is 0 Å². The lowest BCUT2D eigenvalue weighted by molar-refractivity contribution is 0.0801. The normalized spacial score (nSPS) is 10.7. The summed E-state index contributed by atoms with van der Waals surface area (Å²) in [4.78, 5) is 18.5. The number of pyridine rings is 1. The molecule has 0 radical (unpaired) electrons. The van der Waals surface area contributed by atoms with Crippen LogP contribution < -0.4 is 5.73 Å². The average Bonchev–Trinajstić information content (AvgIpc) is 2.67. The fraction of sp³-hybridized carbons (Fsp3) is 0.333. The van der Waals surface area contributed by atoms with E-state index in [2.05, 4.69) is 4.98 Å². The van der Waals surface area contributed by atoms with Crippen LogP contribution in [0.4, 0.5) is 5.69 Å². The minimum atomic E-state index is -0.00875. The number of hydrogen-bond donors (Lipinski definition) is 1. The maximum atomic E-state index is 12.2. The largest absolute Gasteiger partial charge is 0.397 e. The Kier molecular flexibility index (Phi) is 3.28. The molecule has 0 aromatic carbocycles. The van der Waals surface area contributed by atoms with Gasteiger partial charge in [-0.05, 0) is 12.5 Å². The minimum Gasteiger partial charge on any atom is -0.397 e. The molecule has 0 aliphatic rings. The molecule has 0 aliphatic carbocycles. The molecule has 0 aliphatic heterocycles. The first kappa shape index (κ1) is 11.9. The first-order valence-electron chi connectivity index (χ1n) is 5.52. The Bertz CT molecular complexity index is 550. The molecule has 0 fully saturated rings. The van der Waals surface area contributed by atoms with Crippen LogP contribution in [0.2, 0.25) is 0 Å². The number of nitrogen functional groups attached to an aromatic ring is 1. The SMILES string of the molecule is CCCN(C)C(=O)c1sc2cnccc2c1N. The lowest BCUT2D eigenvalue weighted by Gasteiger charge is -2.15. The molecule has 2 aromatic heterocycles. The van der Waals surface area contributed by atoms with Gasteiger partial charge in [-0.25, -0.2) is 0 Å². The summed E-state index contributed by atoms with van der Waals surface area (Å²) in [5.74, 6) is -0.00875. The van der Waals surface area contributed by atoms with Gasteiger partial charge >= 0.3 is 0 Å². The summed E-state index contributed by atoms with van der Waals surface area (Å²) in [7, 11) is 1.80. The Morgan fingerprint density at radius 1 is 1.59 bits per heavy atom. The number of fused-ring (bicyclic) bond motifs is 1. The Morgan fingerprint density at radius 3 is 3.00 bits per heavy atom. The fourth-order valence-corrected chi connectivity index (χ4v) is 2.82. The molecule has 0 bridgehead atoms. The maximum absolute atomic E-state index is 12.2. The Balaban J connectivity index is 2.42. The van der Waals surface area contributed by atoms with E-state index in [-0.39, 0.29) is 5.91 Å². The summed E-state index contributed by atoms with van der Waals surface area (Å²) >= 11 is 1.41. The van der Waals surface area contributed by atoms with Gasteiger partial charge in [-0.2, -0.15) is 0 Å². The van der Waals surface area contributed by atoms with Crippen molar-refractivity contribution >= 4 is 33.0 Å². The van der Waals surface area contributed by atoms with Crippen molar-refractivity contribution in [2.75, 3.05) is 19.3 Å². The molecule has 2 aromatic rings. The zero-order valence-electron chi connectivity index (χ0n) is 9.93. The van der Waals surface area contributed by atoms with Gasteiger partial charge < -0.3 is 10.6 Å². The van der Waals surface area contributed by atoms with Gasteiger partial charge in [-0.15, -0.1) is 11.3 Å². The van der Waals surface area contributed by atoms with Gasteiger partial charge in [0.15, 0.2) is 0 Å². The van der Waals surface area contributed by atoms with Gasteiger partial charge in [0.05, 0.1) is 10.4 Å². The molecule has 4 nitrogen and oxygen atoms in total. The van der Waals surface area contributed by atoms with Crippen LogP contribution in [-0.2, 0) is 0 Å². The Morgan fingerprint density at radius 2 is 2.35 bits per heavy atom. The number of nitrogens with two attached hydrogens (primary N) is 1. The number of rotatable bonds is 3. The van der Waals surface area contributed by atoms with Gasteiger partial charge in [0.1, 0.15) is 4.88 Å². The average molecular weight is 249 g/mol. The van der Waals surface area contributed by atoms with Crippen LogP contribution in [-0.4, -0.2) is 29.4 Å². The van der Waals surface area contributed by atoms with E-state index in [1.54, 1.807) is 24.3 Å². The van der Waals surface area contributed by atoms with Crippen molar-refractivity contribution in [2.24, 2.45) is 0 Å². The number of thiophene rings is 1. The van der Waals surface area contributed by atoms with Crippen molar-refractivity contribution in [3.63, 3.8) is 0 Å². The third kappa shape index (κ3) is 2.10. The van der Waals surface area contributed by atoms with Crippen LogP contribution >= 0.6 is 11.3 Å². The summed E-state index contributed by atoms with van der Waals surface area (Å²) in [5.41, 5.74) is 6.58. The molecule has 0 unspecified atom stereocenters. The summed E-state index contributed by atoms with van der Waals surface area (Å²) in [6, 6.07) is 1.85. The molecule has 0 spiro atoms. The number of aromatic nitrogens is 1. The van der Waals surface area contributed by atoms with Crippen molar-refractivity contribution in [1.29, 1.82) is 0 Å². The van der Waals surface area contributed by atoms with Gasteiger partial charge in [0.25, 0.3) is 5.91 Å². The lowest BCUT2D eigenvalue weighted by Crippen LogP contribution is -2.27. The number of nitrogens with zero attached hydrogens (tertiary/aromatic N) is 2. The van der Waals surface area contributed by atoms with E-state index in [0.717, 1.165) is 23.1 Å². The molecule has 0 atom stereocenters. The summed E-state index contributed by atoms with van der Waals surface area (Å²) in [6.45, 7) is 2.78. The molecule has 90 valence electrons. The van der Waals surface area contributed by atoms with Gasteiger partial charge in [-0.3, -0.25) is 9.78 Å². The van der Waals surface area contributed by atoms with Crippen molar-refractivity contribution in [1.82, 2.24) is 9.88 Å². The second-order valence-electron chi connectivity index (χ2n) is 3.94. The predicted molar refractivity (Wildman–Crippen MR) is 71.3 cm³/mol. The number of carbonyl (C=O) groups excluding carboxylic acids is 1. The third-order valence-corrected chi connectivity index (χ3v) is 3.78. The van der Waals surface area contributed by atoms with Crippen LogP contribution in [0.25, 0.3) is 10.1 Å². The van der Waals surface area contributed by atoms with E-state index in [9.17, 15) is 4.79 Å². The van der Waals surface area contributed by atoms with Crippen LogP contribution in [0.1, 0.15) is 23.0 Å². The van der Waals surface area contributed by atoms with Crippen LogP contribution in [0.3, 0.4) is 0 Å². The zero-order chi connectivity index (χ0) is 12.4. The smallest absolute Gasteiger partial charge is 0.265 e. The van der Waals surface area contributed by atoms with Crippen molar-refractivity contribution in [3.05, 3.63) is 23.3 Å². The highest BCUT2D eigenvalue weighted by molar-refractivity contribution is 7.21. The quantitative estimate of drug-likeness (QED) is 0.908. The highest BCUT2D eigenvalue weighted by atomic mass is 32.1. The summed E-state index contributed by atoms with van der Waals surface area (Å²) in [5, 5.41) is 0.915. The second kappa shape index (κ2) is 4.71. The molecule has 2 N–H and O–H groups in total. The summed E-state index contributed by atoms with van der Waals surface area (Å²) < 4.78 is 0.957. The predicted octanol–water partition coefficient (Wildman–Crippen LogP) is 2.36. The van der Waals surface area contributed by atoms with E-state index in [4.69, 9.17) is 5.73 Å². The van der Waals surface area contributed by atoms with E-state index >= 15 is 0 Å². The summed E-state index contributed by atoms with van der Waals surface area (Å²) in [6.07, 6.45) is 4.37. The van der Waals surface area contributed by atoms with Crippen molar-refractivity contribution < 1.29 is 4.79 Å². The lowest BCUT2D eigenvalue weighted by atomic mass is 10.2. The zero-order valence-corrected chi connectivity index (χ0v) is 10.8. The number of amides is 1. The van der Waals surface area contributed by atoms with Crippen molar-refractivity contribution in [3.8, 4) is 0 Å². The van der Waals surface area contributed by atoms with E-state index in [1.165, 1.54) is 11.3 Å². The monoisotopic (exact) mass is 249 g/mol. The standard InChI is InChI=1S/C12H15N3OS/c1-3-6-15(2)12(16)11-10(13)8-4-5-14-7-9(8)17-11/h4-5,7H,3,6,13H2,1-2H3. The van der Waals surface area contributed by atoms with E-state index < -0.39 is 0 Å². The first-order valence-corrected chi connectivity index (χ1v) is 6.34. The number of anilines is 1. The van der Waals surface area contributed by atoms with Crippen LogP contribution in [0.15, 0.2) is 18.5 Å². The van der Waals surface area contributed by atoms with E-state index in [0.29, 0.717) is 10.6 Å². The van der Waals surface area contributed by atoms with E-state index in [1.807, 2.05) is 13.0 Å². The molecular formula is C12H15N3OS. The highest BCUT2D eigenvalue weighted by Crippen LogP contribution is 2.33.